The number of methoxy groups -OCH3 is 3. The molecule has 0 saturated heterocycles. The van der Waals surface area contributed by atoms with Crippen LogP contribution in [0.3, 0.4) is 0 Å². The first kappa shape index (κ1) is 16.6. The number of fused-ring (bicyclic) bond motifs is 4. The van der Waals surface area contributed by atoms with Gasteiger partial charge in [0.25, 0.3) is 0 Å². The Morgan fingerprint density at radius 1 is 1.00 bits per heavy atom. The highest BCUT2D eigenvalue weighted by Gasteiger charge is 2.52. The predicted octanol–water partition coefficient (Wildman–Crippen LogP) is 3.05. The average molecular weight is 356 g/mol. The largest absolute Gasteiger partial charge is 0.493 e. The van der Waals surface area contributed by atoms with Gasteiger partial charge in [-0.15, -0.1) is 0 Å². The van der Waals surface area contributed by atoms with Crippen LogP contribution in [0.25, 0.3) is 0 Å². The Bertz CT molecular complexity index is 855. The standard InChI is InChI=1S/C20H20O6/c1-22-15-9-8-13-16(17(15)23-2)26-19(18(21)24-3)25-14-7-5-4-6-12(14)20(13)10-11-20/h4-9,19H,10-11H2,1-3H3. The third-order valence-corrected chi connectivity index (χ3v) is 5.02. The molecule has 0 N–H and O–H groups in total. The van der Waals surface area contributed by atoms with E-state index in [1.807, 2.05) is 36.4 Å². The lowest BCUT2D eigenvalue weighted by atomic mass is 9.86. The maximum Gasteiger partial charge on any atom is 0.389 e. The van der Waals surface area contributed by atoms with Gasteiger partial charge in [0.15, 0.2) is 11.5 Å². The zero-order chi connectivity index (χ0) is 18.3. The van der Waals surface area contributed by atoms with Crippen molar-refractivity contribution in [1.29, 1.82) is 0 Å². The Hall–Kier alpha value is -2.89. The fourth-order valence-corrected chi connectivity index (χ4v) is 3.60. The Balaban J connectivity index is 1.96. The third-order valence-electron chi connectivity index (χ3n) is 5.02. The smallest absolute Gasteiger partial charge is 0.389 e. The quantitative estimate of drug-likeness (QED) is 0.788. The molecule has 6 nitrogen and oxygen atoms in total. The van der Waals surface area contributed by atoms with E-state index in [-0.39, 0.29) is 5.41 Å². The van der Waals surface area contributed by atoms with E-state index in [1.165, 1.54) is 7.11 Å². The molecule has 2 aromatic carbocycles. The van der Waals surface area contributed by atoms with Crippen molar-refractivity contribution in [2.45, 2.75) is 24.5 Å². The first-order valence-corrected chi connectivity index (χ1v) is 8.40. The molecule has 26 heavy (non-hydrogen) atoms. The van der Waals surface area contributed by atoms with Gasteiger partial charge in [-0.3, -0.25) is 0 Å². The number of hydrogen-bond acceptors (Lipinski definition) is 6. The normalized spacial score (nSPS) is 19.0. The summed E-state index contributed by atoms with van der Waals surface area (Å²) < 4.78 is 27.7. The van der Waals surface area contributed by atoms with Crippen molar-refractivity contribution >= 4 is 5.97 Å². The van der Waals surface area contributed by atoms with E-state index in [9.17, 15) is 4.79 Å². The molecule has 1 heterocycles. The molecular formula is C20H20O6. The van der Waals surface area contributed by atoms with Gasteiger partial charge < -0.3 is 23.7 Å². The number of carbonyl (C=O) groups is 1. The van der Waals surface area contributed by atoms with Gasteiger partial charge in [0, 0.05) is 16.5 Å². The molecule has 0 bridgehead atoms. The van der Waals surface area contributed by atoms with Gasteiger partial charge in [-0.1, -0.05) is 24.3 Å². The zero-order valence-electron chi connectivity index (χ0n) is 14.9. The summed E-state index contributed by atoms with van der Waals surface area (Å²) in [6.07, 6.45) is 0.682. The van der Waals surface area contributed by atoms with Crippen molar-refractivity contribution in [3.8, 4) is 23.0 Å². The van der Waals surface area contributed by atoms with Crippen molar-refractivity contribution in [3.05, 3.63) is 47.5 Å². The van der Waals surface area contributed by atoms with Crippen LogP contribution in [0.4, 0.5) is 0 Å². The maximum atomic E-state index is 12.2. The molecule has 0 amide bonds. The Labute approximate surface area is 151 Å². The molecule has 2 aliphatic rings. The Morgan fingerprint density at radius 2 is 1.77 bits per heavy atom. The summed E-state index contributed by atoms with van der Waals surface area (Å²) in [6, 6.07) is 11.6. The van der Waals surface area contributed by atoms with Crippen LogP contribution in [0.2, 0.25) is 0 Å². The molecule has 0 radical (unpaired) electrons. The van der Waals surface area contributed by atoms with Crippen LogP contribution in [-0.2, 0) is 14.9 Å². The number of hydrogen-bond donors (Lipinski definition) is 0. The lowest BCUT2D eigenvalue weighted by molar-refractivity contribution is -0.162. The minimum atomic E-state index is -1.24. The Kier molecular flexibility index (Phi) is 3.90. The van der Waals surface area contributed by atoms with Gasteiger partial charge in [-0.25, -0.2) is 4.79 Å². The van der Waals surface area contributed by atoms with E-state index in [0.29, 0.717) is 23.0 Å². The summed E-state index contributed by atoms with van der Waals surface area (Å²) in [5.74, 6) is 1.42. The first-order chi connectivity index (χ1) is 12.6. The molecule has 4 rings (SSSR count). The van der Waals surface area contributed by atoms with E-state index >= 15 is 0 Å². The van der Waals surface area contributed by atoms with Crippen LogP contribution in [0.15, 0.2) is 36.4 Å². The van der Waals surface area contributed by atoms with Crippen LogP contribution in [0.1, 0.15) is 24.0 Å². The lowest BCUT2D eigenvalue weighted by Gasteiger charge is -2.30. The molecule has 1 fully saturated rings. The fraction of sp³-hybridized carbons (Fsp3) is 0.350. The minimum absolute atomic E-state index is 0.216. The van der Waals surface area contributed by atoms with Crippen LogP contribution in [0.5, 0.6) is 23.0 Å². The number of para-hydroxylation sites is 1. The van der Waals surface area contributed by atoms with Crippen LogP contribution in [-0.4, -0.2) is 33.6 Å². The highest BCUT2D eigenvalue weighted by Crippen LogP contribution is 2.61. The van der Waals surface area contributed by atoms with Gasteiger partial charge >= 0.3 is 12.3 Å². The molecule has 1 atom stereocenters. The topological polar surface area (TPSA) is 63.2 Å². The molecule has 1 aliphatic heterocycles. The molecular weight excluding hydrogens is 336 g/mol. The molecule has 2 aromatic rings. The van der Waals surface area contributed by atoms with Crippen LogP contribution < -0.4 is 18.9 Å². The summed E-state index contributed by atoms with van der Waals surface area (Å²) in [4.78, 5) is 12.2. The Morgan fingerprint density at radius 3 is 2.42 bits per heavy atom. The molecule has 136 valence electrons. The molecule has 1 spiro atoms. The molecule has 1 saturated carbocycles. The second-order valence-corrected chi connectivity index (χ2v) is 6.35. The lowest BCUT2D eigenvalue weighted by Crippen LogP contribution is -2.37. The predicted molar refractivity (Wildman–Crippen MR) is 93.1 cm³/mol. The summed E-state index contributed by atoms with van der Waals surface area (Å²) in [5, 5.41) is 0. The van der Waals surface area contributed by atoms with Crippen molar-refractivity contribution in [2.24, 2.45) is 0 Å². The SMILES string of the molecule is COC(=O)C1Oc2ccccc2C2(CC2)c2ccc(OC)c(OC)c2O1. The van der Waals surface area contributed by atoms with E-state index in [1.54, 1.807) is 14.2 Å². The first-order valence-electron chi connectivity index (χ1n) is 8.40. The van der Waals surface area contributed by atoms with Crippen molar-refractivity contribution in [3.63, 3.8) is 0 Å². The van der Waals surface area contributed by atoms with Gasteiger partial charge in [-0.05, 0) is 25.0 Å². The molecule has 6 heteroatoms. The zero-order valence-corrected chi connectivity index (χ0v) is 14.9. The van der Waals surface area contributed by atoms with Gasteiger partial charge in [0.05, 0.1) is 21.3 Å². The van der Waals surface area contributed by atoms with E-state index < -0.39 is 12.3 Å². The number of carbonyl (C=O) groups excluding carboxylic acids is 1. The third kappa shape index (κ3) is 2.36. The fourth-order valence-electron chi connectivity index (χ4n) is 3.60. The molecule has 1 unspecified atom stereocenters. The van der Waals surface area contributed by atoms with Gasteiger partial charge in [-0.2, -0.15) is 0 Å². The van der Waals surface area contributed by atoms with Crippen molar-refractivity contribution < 1.29 is 28.5 Å². The molecule has 1 aliphatic carbocycles. The van der Waals surface area contributed by atoms with Gasteiger partial charge in [0.2, 0.25) is 5.75 Å². The van der Waals surface area contributed by atoms with E-state index in [2.05, 4.69) is 0 Å². The van der Waals surface area contributed by atoms with E-state index in [4.69, 9.17) is 23.7 Å². The maximum absolute atomic E-state index is 12.2. The van der Waals surface area contributed by atoms with Crippen LogP contribution in [0, 0.1) is 0 Å². The number of benzene rings is 2. The summed E-state index contributed by atoms with van der Waals surface area (Å²) in [6.45, 7) is 0. The van der Waals surface area contributed by atoms with E-state index in [0.717, 1.165) is 24.0 Å². The van der Waals surface area contributed by atoms with Crippen molar-refractivity contribution in [1.82, 2.24) is 0 Å². The highest BCUT2D eigenvalue weighted by atomic mass is 16.7. The number of ether oxygens (including phenoxy) is 5. The second kappa shape index (κ2) is 6.12. The average Bonchev–Trinajstić information content (AvgIpc) is 3.47. The van der Waals surface area contributed by atoms with Crippen LogP contribution >= 0.6 is 0 Å². The number of esters is 1. The molecule has 0 aromatic heterocycles. The van der Waals surface area contributed by atoms with Crippen molar-refractivity contribution in [2.75, 3.05) is 21.3 Å². The van der Waals surface area contributed by atoms with Gasteiger partial charge in [0.1, 0.15) is 5.75 Å². The summed E-state index contributed by atoms with van der Waals surface area (Å²) in [7, 11) is 4.40. The second-order valence-electron chi connectivity index (χ2n) is 6.35. The summed E-state index contributed by atoms with van der Waals surface area (Å²) in [5.41, 5.74) is 1.78. The monoisotopic (exact) mass is 356 g/mol. The highest BCUT2D eigenvalue weighted by molar-refractivity contribution is 5.75. The summed E-state index contributed by atoms with van der Waals surface area (Å²) >= 11 is 0. The minimum Gasteiger partial charge on any atom is -0.493 e. The number of rotatable bonds is 3.